The topological polar surface area (TPSA) is 78.6 Å². The molecular formula is C13H11NO4. The zero-order chi connectivity index (χ0) is 12.5. The molecule has 0 saturated carbocycles. The van der Waals surface area contributed by atoms with Crippen molar-refractivity contribution in [2.24, 2.45) is 5.73 Å². The van der Waals surface area contributed by atoms with Crippen LogP contribution in [0.3, 0.4) is 0 Å². The summed E-state index contributed by atoms with van der Waals surface area (Å²) in [6.07, 6.45) is 1.57. The summed E-state index contributed by atoms with van der Waals surface area (Å²) >= 11 is 0. The highest BCUT2D eigenvalue weighted by Gasteiger charge is 2.14. The summed E-state index contributed by atoms with van der Waals surface area (Å²) in [5.74, 6) is 0.427. The van der Waals surface area contributed by atoms with Crippen molar-refractivity contribution in [2.75, 3.05) is 13.2 Å². The smallest absolute Gasteiger partial charge is 0.336 e. The van der Waals surface area contributed by atoms with Gasteiger partial charge in [0.15, 0.2) is 11.2 Å². The zero-order valence-electron chi connectivity index (χ0n) is 9.51. The maximum absolute atomic E-state index is 11.3. The molecule has 0 aliphatic carbocycles. The summed E-state index contributed by atoms with van der Waals surface area (Å²) in [5.41, 5.74) is 5.94. The van der Waals surface area contributed by atoms with Gasteiger partial charge in [0.1, 0.15) is 6.61 Å². The molecule has 0 fully saturated rings. The second-order valence-corrected chi connectivity index (χ2v) is 3.85. The van der Waals surface area contributed by atoms with Gasteiger partial charge >= 0.3 is 5.63 Å². The van der Waals surface area contributed by atoms with E-state index in [1.54, 1.807) is 12.3 Å². The van der Waals surface area contributed by atoms with Crippen molar-refractivity contribution in [1.29, 1.82) is 0 Å². The molecule has 0 saturated heterocycles. The van der Waals surface area contributed by atoms with E-state index in [0.29, 0.717) is 30.1 Å². The van der Waals surface area contributed by atoms with Gasteiger partial charge in [0.05, 0.1) is 6.26 Å². The molecule has 0 bridgehead atoms. The summed E-state index contributed by atoms with van der Waals surface area (Å²) in [7, 11) is 0. The van der Waals surface area contributed by atoms with Gasteiger partial charge in [0.25, 0.3) is 0 Å². The quantitative estimate of drug-likeness (QED) is 0.713. The first kappa shape index (κ1) is 10.9. The van der Waals surface area contributed by atoms with E-state index in [4.69, 9.17) is 19.3 Å². The Morgan fingerprint density at radius 1 is 1.17 bits per heavy atom. The Morgan fingerprint density at radius 2 is 2.00 bits per heavy atom. The maximum Gasteiger partial charge on any atom is 0.336 e. The molecule has 2 heterocycles. The lowest BCUT2D eigenvalue weighted by Crippen LogP contribution is -2.11. The second kappa shape index (κ2) is 4.19. The molecule has 2 aromatic heterocycles. The molecule has 0 amide bonds. The highest BCUT2D eigenvalue weighted by atomic mass is 16.5. The fourth-order valence-corrected chi connectivity index (χ4v) is 1.90. The van der Waals surface area contributed by atoms with Crippen molar-refractivity contribution in [3.63, 3.8) is 0 Å². The van der Waals surface area contributed by atoms with E-state index in [1.807, 2.05) is 12.1 Å². The summed E-state index contributed by atoms with van der Waals surface area (Å²) in [4.78, 5) is 11.3. The predicted octanol–water partition coefficient (Wildman–Crippen LogP) is 1.88. The number of benzene rings is 1. The molecule has 92 valence electrons. The van der Waals surface area contributed by atoms with Crippen molar-refractivity contribution in [1.82, 2.24) is 0 Å². The van der Waals surface area contributed by atoms with Crippen LogP contribution in [0.1, 0.15) is 0 Å². The Balaban J connectivity index is 2.36. The van der Waals surface area contributed by atoms with E-state index in [-0.39, 0.29) is 0 Å². The highest BCUT2D eigenvalue weighted by Crippen LogP contribution is 2.34. The van der Waals surface area contributed by atoms with Gasteiger partial charge in [-0.2, -0.15) is 0 Å². The standard InChI is InChI=1S/C13H11NO4/c14-4-6-17-13-11-9(3-5-16-11)7-8-1-2-10(15)18-12(8)13/h1-3,5,7H,4,6,14H2. The highest BCUT2D eigenvalue weighted by molar-refractivity contribution is 5.99. The van der Waals surface area contributed by atoms with Gasteiger partial charge in [-0.1, -0.05) is 0 Å². The summed E-state index contributed by atoms with van der Waals surface area (Å²) < 4.78 is 16.1. The minimum absolute atomic E-state index is 0.327. The van der Waals surface area contributed by atoms with Crippen LogP contribution in [-0.4, -0.2) is 13.2 Å². The van der Waals surface area contributed by atoms with Gasteiger partial charge in [-0.05, 0) is 18.2 Å². The third-order valence-corrected chi connectivity index (χ3v) is 2.65. The second-order valence-electron chi connectivity index (χ2n) is 3.85. The third-order valence-electron chi connectivity index (χ3n) is 2.65. The van der Waals surface area contributed by atoms with Crippen LogP contribution in [0.2, 0.25) is 0 Å². The average Bonchev–Trinajstić information content (AvgIpc) is 2.82. The SMILES string of the molecule is NCCOc1c2occc2cc2ccc(=O)oc12. The van der Waals surface area contributed by atoms with Crippen molar-refractivity contribution in [2.45, 2.75) is 0 Å². The molecular weight excluding hydrogens is 234 g/mol. The van der Waals surface area contributed by atoms with Crippen LogP contribution < -0.4 is 16.1 Å². The van der Waals surface area contributed by atoms with Gasteiger partial charge in [0.2, 0.25) is 5.75 Å². The number of furan rings is 1. The monoisotopic (exact) mass is 245 g/mol. The summed E-state index contributed by atoms with van der Waals surface area (Å²) in [6.45, 7) is 0.698. The summed E-state index contributed by atoms with van der Waals surface area (Å²) in [6, 6.07) is 6.78. The Bertz CT molecular complexity index is 756. The van der Waals surface area contributed by atoms with Crippen LogP contribution in [0.5, 0.6) is 5.75 Å². The number of ether oxygens (including phenoxy) is 1. The fraction of sp³-hybridized carbons (Fsp3) is 0.154. The largest absolute Gasteiger partial charge is 0.485 e. The first-order chi connectivity index (χ1) is 8.79. The lowest BCUT2D eigenvalue weighted by atomic mass is 10.1. The van der Waals surface area contributed by atoms with E-state index in [1.165, 1.54) is 6.07 Å². The van der Waals surface area contributed by atoms with Gasteiger partial charge in [-0.15, -0.1) is 0 Å². The number of fused-ring (bicyclic) bond motifs is 2. The van der Waals surface area contributed by atoms with Gasteiger partial charge in [0, 0.05) is 23.4 Å². The summed E-state index contributed by atoms with van der Waals surface area (Å²) in [5, 5.41) is 1.68. The Labute approximate surface area is 102 Å². The Kier molecular flexibility index (Phi) is 2.53. The first-order valence-corrected chi connectivity index (χ1v) is 5.56. The number of nitrogens with two attached hydrogens (primary N) is 1. The number of rotatable bonds is 3. The van der Waals surface area contributed by atoms with Crippen molar-refractivity contribution in [3.8, 4) is 5.75 Å². The molecule has 0 atom stereocenters. The molecule has 5 heteroatoms. The van der Waals surface area contributed by atoms with Crippen LogP contribution in [0.4, 0.5) is 0 Å². The van der Waals surface area contributed by atoms with E-state index in [9.17, 15) is 4.79 Å². The van der Waals surface area contributed by atoms with Crippen molar-refractivity contribution >= 4 is 21.9 Å². The molecule has 0 aliphatic rings. The van der Waals surface area contributed by atoms with Crippen LogP contribution in [0.25, 0.3) is 21.9 Å². The van der Waals surface area contributed by atoms with Crippen LogP contribution >= 0.6 is 0 Å². The average molecular weight is 245 g/mol. The van der Waals surface area contributed by atoms with Crippen LogP contribution in [0.15, 0.2) is 44.2 Å². The first-order valence-electron chi connectivity index (χ1n) is 5.56. The van der Waals surface area contributed by atoms with Crippen LogP contribution in [-0.2, 0) is 0 Å². The fourth-order valence-electron chi connectivity index (χ4n) is 1.90. The minimum atomic E-state index is -0.425. The number of hydrogen-bond donors (Lipinski definition) is 1. The van der Waals surface area contributed by atoms with E-state index < -0.39 is 5.63 Å². The maximum atomic E-state index is 11.3. The van der Waals surface area contributed by atoms with Gasteiger partial charge in [-0.25, -0.2) is 4.79 Å². The van der Waals surface area contributed by atoms with Crippen molar-refractivity contribution in [3.05, 3.63) is 40.9 Å². The molecule has 3 aromatic rings. The molecule has 0 unspecified atom stereocenters. The van der Waals surface area contributed by atoms with E-state index in [2.05, 4.69) is 0 Å². The molecule has 2 N–H and O–H groups in total. The molecule has 18 heavy (non-hydrogen) atoms. The lowest BCUT2D eigenvalue weighted by Gasteiger charge is -2.07. The van der Waals surface area contributed by atoms with Gasteiger partial charge in [-0.3, -0.25) is 0 Å². The molecule has 0 spiro atoms. The molecule has 3 rings (SSSR count). The Hall–Kier alpha value is -2.27. The normalized spacial score (nSPS) is 11.2. The molecule has 0 radical (unpaired) electrons. The molecule has 0 aliphatic heterocycles. The third kappa shape index (κ3) is 1.65. The van der Waals surface area contributed by atoms with Crippen LogP contribution in [0, 0.1) is 0 Å². The Morgan fingerprint density at radius 3 is 2.83 bits per heavy atom. The van der Waals surface area contributed by atoms with Gasteiger partial charge < -0.3 is 19.3 Å². The van der Waals surface area contributed by atoms with Crippen molar-refractivity contribution < 1.29 is 13.6 Å². The van der Waals surface area contributed by atoms with E-state index in [0.717, 1.165) is 10.8 Å². The van der Waals surface area contributed by atoms with E-state index >= 15 is 0 Å². The molecule has 1 aromatic carbocycles. The minimum Gasteiger partial charge on any atom is -0.485 e. The predicted molar refractivity (Wildman–Crippen MR) is 66.8 cm³/mol. The zero-order valence-corrected chi connectivity index (χ0v) is 9.51. The number of hydrogen-bond acceptors (Lipinski definition) is 5. The molecule has 5 nitrogen and oxygen atoms in total. The lowest BCUT2D eigenvalue weighted by molar-refractivity contribution is 0.324.